The first kappa shape index (κ1) is 14.6. The number of aliphatic hydroxyl groups excluding tert-OH is 1. The number of ether oxygens (including phenoxy) is 1. The van der Waals surface area contributed by atoms with Crippen LogP contribution >= 0.6 is 0 Å². The summed E-state index contributed by atoms with van der Waals surface area (Å²) in [5, 5.41) is 12.3. The lowest BCUT2D eigenvalue weighted by Crippen LogP contribution is -2.48. The van der Waals surface area contributed by atoms with Gasteiger partial charge in [0.25, 0.3) is 5.91 Å². The number of amides is 1. The number of morpholine rings is 1. The minimum absolute atomic E-state index is 0.0242. The summed E-state index contributed by atoms with van der Waals surface area (Å²) < 4.78 is 5.37. The lowest BCUT2D eigenvalue weighted by molar-refractivity contribution is 0.0724. The highest BCUT2D eigenvalue weighted by Crippen LogP contribution is 2.27. The Morgan fingerprint density at radius 3 is 3.10 bits per heavy atom. The van der Waals surface area contributed by atoms with Gasteiger partial charge in [-0.25, -0.2) is 0 Å². The van der Waals surface area contributed by atoms with Crippen LogP contribution in [-0.4, -0.2) is 50.0 Å². The van der Waals surface area contributed by atoms with Crippen LogP contribution in [0.15, 0.2) is 18.2 Å². The molecule has 1 aromatic rings. The number of rotatable bonds is 4. The summed E-state index contributed by atoms with van der Waals surface area (Å²) in [6.07, 6.45) is 0. The quantitative estimate of drug-likeness (QED) is 0.686. The second kappa shape index (κ2) is 6.58. The van der Waals surface area contributed by atoms with Crippen molar-refractivity contribution in [3.8, 4) is 0 Å². The number of nitrogens with two attached hydrogens (primary N) is 1. The van der Waals surface area contributed by atoms with Crippen LogP contribution < -0.4 is 16.0 Å². The molecule has 6 heteroatoms. The minimum atomic E-state index is -0.154. The van der Waals surface area contributed by atoms with E-state index in [0.717, 1.165) is 5.69 Å². The smallest absolute Gasteiger partial charge is 0.253 e. The van der Waals surface area contributed by atoms with E-state index >= 15 is 0 Å². The Kier molecular flexibility index (Phi) is 4.81. The first-order chi connectivity index (χ1) is 9.67. The van der Waals surface area contributed by atoms with Crippen molar-refractivity contribution in [2.45, 2.75) is 13.0 Å². The highest BCUT2D eigenvalue weighted by Gasteiger charge is 2.26. The molecule has 110 valence electrons. The molecule has 0 bridgehead atoms. The second-order valence-corrected chi connectivity index (χ2v) is 4.74. The van der Waals surface area contributed by atoms with Gasteiger partial charge in [-0.05, 0) is 25.1 Å². The van der Waals surface area contributed by atoms with Gasteiger partial charge in [-0.3, -0.25) is 4.79 Å². The maximum atomic E-state index is 12.1. The van der Waals surface area contributed by atoms with E-state index in [0.29, 0.717) is 37.6 Å². The summed E-state index contributed by atoms with van der Waals surface area (Å²) in [5.41, 5.74) is 7.76. The number of carbonyl (C=O) groups is 1. The van der Waals surface area contributed by atoms with Crippen molar-refractivity contribution in [2.24, 2.45) is 0 Å². The molecule has 0 aromatic heterocycles. The van der Waals surface area contributed by atoms with Crippen molar-refractivity contribution in [1.82, 2.24) is 5.32 Å². The van der Waals surface area contributed by atoms with Crippen LogP contribution in [0.1, 0.15) is 17.3 Å². The van der Waals surface area contributed by atoms with Gasteiger partial charge in [-0.1, -0.05) is 0 Å². The summed E-state index contributed by atoms with van der Waals surface area (Å²) in [5.74, 6) is -0.134. The maximum Gasteiger partial charge on any atom is 0.253 e. The Bertz CT molecular complexity index is 479. The average Bonchev–Trinajstić information content (AvgIpc) is 2.47. The topological polar surface area (TPSA) is 87.8 Å². The van der Waals surface area contributed by atoms with Crippen molar-refractivity contribution in [1.29, 1.82) is 0 Å². The first-order valence-corrected chi connectivity index (χ1v) is 6.80. The van der Waals surface area contributed by atoms with Gasteiger partial charge in [0.05, 0.1) is 37.1 Å². The van der Waals surface area contributed by atoms with Crippen LogP contribution in [0.2, 0.25) is 0 Å². The summed E-state index contributed by atoms with van der Waals surface area (Å²) in [4.78, 5) is 14.1. The molecule has 1 amide bonds. The highest BCUT2D eigenvalue weighted by molar-refractivity contribution is 6.00. The first-order valence-electron chi connectivity index (χ1n) is 6.80. The Morgan fingerprint density at radius 1 is 1.60 bits per heavy atom. The van der Waals surface area contributed by atoms with Gasteiger partial charge < -0.3 is 25.8 Å². The molecule has 2 rings (SSSR count). The molecule has 1 aromatic carbocycles. The lowest BCUT2D eigenvalue weighted by atomic mass is 10.1. The largest absolute Gasteiger partial charge is 0.399 e. The molecule has 1 atom stereocenters. The van der Waals surface area contributed by atoms with Crippen LogP contribution in [-0.2, 0) is 4.74 Å². The lowest BCUT2D eigenvalue weighted by Gasteiger charge is -2.37. The zero-order chi connectivity index (χ0) is 14.5. The number of nitrogens with zero attached hydrogens (tertiary/aromatic N) is 1. The summed E-state index contributed by atoms with van der Waals surface area (Å²) in [6.45, 7) is 4.06. The molecule has 0 radical (unpaired) electrons. The number of nitrogen functional groups attached to an aromatic ring is 1. The van der Waals surface area contributed by atoms with Crippen LogP contribution in [0.4, 0.5) is 11.4 Å². The predicted octanol–water partition coefficient (Wildman–Crippen LogP) is 0.216. The van der Waals surface area contributed by atoms with Crippen LogP contribution in [0.3, 0.4) is 0 Å². The van der Waals surface area contributed by atoms with Gasteiger partial charge >= 0.3 is 0 Å². The van der Waals surface area contributed by atoms with Gasteiger partial charge in [0.1, 0.15) is 0 Å². The number of anilines is 2. The highest BCUT2D eigenvalue weighted by atomic mass is 16.5. The molecular weight excluding hydrogens is 258 g/mol. The summed E-state index contributed by atoms with van der Waals surface area (Å²) in [6, 6.07) is 5.05. The molecule has 0 spiro atoms. The summed E-state index contributed by atoms with van der Waals surface area (Å²) >= 11 is 0. The van der Waals surface area contributed by atoms with Crippen LogP contribution in [0.5, 0.6) is 0 Å². The average molecular weight is 279 g/mol. The number of hydrogen-bond donors (Lipinski definition) is 3. The van der Waals surface area contributed by atoms with Crippen LogP contribution in [0.25, 0.3) is 0 Å². The van der Waals surface area contributed by atoms with Crippen molar-refractivity contribution < 1.29 is 14.6 Å². The van der Waals surface area contributed by atoms with E-state index in [4.69, 9.17) is 10.5 Å². The van der Waals surface area contributed by atoms with Gasteiger partial charge in [-0.15, -0.1) is 0 Å². The normalized spacial score (nSPS) is 18.9. The number of hydrogen-bond acceptors (Lipinski definition) is 5. The maximum absolute atomic E-state index is 12.1. The summed E-state index contributed by atoms with van der Waals surface area (Å²) in [7, 11) is 0. The van der Waals surface area contributed by atoms with Crippen molar-refractivity contribution >= 4 is 17.3 Å². The van der Waals surface area contributed by atoms with E-state index in [2.05, 4.69) is 5.32 Å². The Labute approximate surface area is 118 Å². The fourth-order valence-corrected chi connectivity index (χ4v) is 2.36. The Hall–Kier alpha value is -1.79. The zero-order valence-electron chi connectivity index (χ0n) is 11.6. The monoisotopic (exact) mass is 279 g/mol. The van der Waals surface area contributed by atoms with Crippen molar-refractivity contribution in [2.75, 3.05) is 43.5 Å². The van der Waals surface area contributed by atoms with Gasteiger partial charge in [0.2, 0.25) is 0 Å². The van der Waals surface area contributed by atoms with Crippen molar-refractivity contribution in [3.05, 3.63) is 23.8 Å². The molecule has 20 heavy (non-hydrogen) atoms. The van der Waals surface area contributed by atoms with E-state index in [1.165, 1.54) is 0 Å². The third-order valence-electron chi connectivity index (χ3n) is 3.35. The molecule has 4 N–H and O–H groups in total. The number of carbonyl (C=O) groups excluding carboxylic acids is 1. The van der Waals surface area contributed by atoms with E-state index in [1.54, 1.807) is 18.2 Å². The predicted molar refractivity (Wildman–Crippen MR) is 77.9 cm³/mol. The standard InChI is InChI=1S/C14H21N3O3/c1-2-16-14(19)12-4-3-10(15)7-13(12)17-5-6-20-9-11(17)8-18/h3-4,7,11,18H,2,5-6,8-9,15H2,1H3,(H,16,19). The molecule has 1 unspecified atom stereocenters. The van der Waals surface area contributed by atoms with Crippen LogP contribution in [0, 0.1) is 0 Å². The number of aliphatic hydroxyl groups is 1. The molecule has 0 saturated carbocycles. The van der Waals surface area contributed by atoms with E-state index in [9.17, 15) is 9.90 Å². The fourth-order valence-electron chi connectivity index (χ4n) is 2.36. The van der Waals surface area contributed by atoms with Gasteiger partial charge in [0.15, 0.2) is 0 Å². The molecule has 1 fully saturated rings. The van der Waals surface area contributed by atoms with E-state index in [1.807, 2.05) is 11.8 Å². The molecule has 6 nitrogen and oxygen atoms in total. The van der Waals surface area contributed by atoms with Gasteiger partial charge in [0, 0.05) is 18.8 Å². The Morgan fingerprint density at radius 2 is 2.40 bits per heavy atom. The number of benzene rings is 1. The van der Waals surface area contributed by atoms with E-state index < -0.39 is 0 Å². The molecule has 0 aliphatic carbocycles. The third kappa shape index (κ3) is 3.02. The molecule has 1 saturated heterocycles. The zero-order valence-corrected chi connectivity index (χ0v) is 11.6. The van der Waals surface area contributed by atoms with E-state index in [-0.39, 0.29) is 18.6 Å². The molecule has 1 aliphatic heterocycles. The second-order valence-electron chi connectivity index (χ2n) is 4.74. The SMILES string of the molecule is CCNC(=O)c1ccc(N)cc1N1CCOCC1CO. The number of nitrogens with one attached hydrogen (secondary N) is 1. The Balaban J connectivity index is 2.37. The minimum Gasteiger partial charge on any atom is -0.399 e. The molecule has 1 heterocycles. The van der Waals surface area contributed by atoms with Gasteiger partial charge in [-0.2, -0.15) is 0 Å². The fraction of sp³-hybridized carbons (Fsp3) is 0.500. The molecular formula is C14H21N3O3. The van der Waals surface area contributed by atoms with Crippen molar-refractivity contribution in [3.63, 3.8) is 0 Å². The third-order valence-corrected chi connectivity index (χ3v) is 3.35. The molecule has 1 aliphatic rings.